The van der Waals surface area contributed by atoms with Crippen LogP contribution in [-0.4, -0.2) is 34.7 Å². The fourth-order valence-electron chi connectivity index (χ4n) is 4.09. The van der Waals surface area contributed by atoms with Gasteiger partial charge in [-0.15, -0.1) is 0 Å². The van der Waals surface area contributed by atoms with Gasteiger partial charge < -0.3 is 5.11 Å². The average molecular weight is 312 g/mol. The standard InChI is InChI=1S/C17H23ClFNO/c18-14-11-13(5-6-15(14)19)12-16(21)17(7-1-2-8-17)20-9-3-4-10-20/h5-6,11,16,21H,1-4,7-10,12H2. The Kier molecular flexibility index (Phi) is 4.53. The number of benzene rings is 1. The van der Waals surface area contributed by atoms with E-state index in [-0.39, 0.29) is 10.6 Å². The zero-order valence-corrected chi connectivity index (χ0v) is 13.1. The van der Waals surface area contributed by atoms with Crippen molar-refractivity contribution in [1.82, 2.24) is 4.90 Å². The third-order valence-corrected chi connectivity index (χ3v) is 5.53. The van der Waals surface area contributed by atoms with Gasteiger partial charge in [-0.2, -0.15) is 0 Å². The van der Waals surface area contributed by atoms with Crippen LogP contribution in [0.3, 0.4) is 0 Å². The van der Waals surface area contributed by atoms with Gasteiger partial charge in [-0.3, -0.25) is 4.90 Å². The highest BCUT2D eigenvalue weighted by molar-refractivity contribution is 6.30. The second kappa shape index (κ2) is 6.23. The van der Waals surface area contributed by atoms with Crippen LogP contribution in [0.1, 0.15) is 44.1 Å². The maximum absolute atomic E-state index is 13.3. The largest absolute Gasteiger partial charge is 0.391 e. The molecule has 2 aliphatic rings. The van der Waals surface area contributed by atoms with Crippen LogP contribution < -0.4 is 0 Å². The summed E-state index contributed by atoms with van der Waals surface area (Å²) >= 11 is 5.85. The second-order valence-electron chi connectivity index (χ2n) is 6.47. The van der Waals surface area contributed by atoms with Crippen molar-refractivity contribution < 1.29 is 9.50 Å². The first-order valence-electron chi connectivity index (χ1n) is 7.99. The van der Waals surface area contributed by atoms with E-state index in [1.165, 1.54) is 31.7 Å². The van der Waals surface area contributed by atoms with E-state index in [0.717, 1.165) is 31.5 Å². The molecular formula is C17H23ClFNO. The maximum atomic E-state index is 13.3. The third kappa shape index (κ3) is 2.96. The van der Waals surface area contributed by atoms with E-state index in [9.17, 15) is 9.50 Å². The molecule has 0 aromatic heterocycles. The molecule has 3 rings (SSSR count). The summed E-state index contributed by atoms with van der Waals surface area (Å²) in [6.45, 7) is 2.20. The molecule has 1 N–H and O–H groups in total. The molecule has 4 heteroatoms. The van der Waals surface area contributed by atoms with Crippen LogP contribution in [0.25, 0.3) is 0 Å². The van der Waals surface area contributed by atoms with Crippen LogP contribution in [0, 0.1) is 5.82 Å². The zero-order chi connectivity index (χ0) is 14.9. The number of likely N-dealkylation sites (tertiary alicyclic amines) is 1. The van der Waals surface area contributed by atoms with E-state index >= 15 is 0 Å². The van der Waals surface area contributed by atoms with Crippen LogP contribution >= 0.6 is 11.6 Å². The van der Waals surface area contributed by atoms with Gasteiger partial charge in [0.1, 0.15) is 5.82 Å². The smallest absolute Gasteiger partial charge is 0.141 e. The van der Waals surface area contributed by atoms with E-state index in [4.69, 9.17) is 11.6 Å². The fourth-order valence-corrected chi connectivity index (χ4v) is 4.29. The van der Waals surface area contributed by atoms with Crippen LogP contribution in [0.5, 0.6) is 0 Å². The Morgan fingerprint density at radius 3 is 2.48 bits per heavy atom. The fraction of sp³-hybridized carbons (Fsp3) is 0.647. The first-order chi connectivity index (χ1) is 10.1. The molecular weight excluding hydrogens is 289 g/mol. The molecule has 1 saturated carbocycles. The summed E-state index contributed by atoms with van der Waals surface area (Å²) in [5.41, 5.74) is 0.844. The molecule has 1 unspecified atom stereocenters. The molecule has 1 aromatic carbocycles. The van der Waals surface area contributed by atoms with Crippen LogP contribution in [0.4, 0.5) is 4.39 Å². The number of hydrogen-bond acceptors (Lipinski definition) is 2. The molecule has 2 nitrogen and oxygen atoms in total. The highest BCUT2D eigenvalue weighted by Gasteiger charge is 2.45. The highest BCUT2D eigenvalue weighted by atomic mass is 35.5. The van der Waals surface area contributed by atoms with Gasteiger partial charge in [-0.05, 0) is 56.5 Å². The number of halogens is 2. The van der Waals surface area contributed by atoms with Gasteiger partial charge in [0.2, 0.25) is 0 Å². The lowest BCUT2D eigenvalue weighted by molar-refractivity contribution is -0.0172. The van der Waals surface area contributed by atoms with Gasteiger partial charge in [-0.1, -0.05) is 30.5 Å². The minimum Gasteiger partial charge on any atom is -0.391 e. The van der Waals surface area contributed by atoms with Crippen LogP contribution in [-0.2, 0) is 6.42 Å². The van der Waals surface area contributed by atoms with E-state index in [0.29, 0.717) is 6.42 Å². The zero-order valence-electron chi connectivity index (χ0n) is 12.3. The summed E-state index contributed by atoms with van der Waals surface area (Å²) in [6.07, 6.45) is 7.14. The highest BCUT2D eigenvalue weighted by Crippen LogP contribution is 2.41. The van der Waals surface area contributed by atoms with E-state index < -0.39 is 11.9 Å². The summed E-state index contributed by atoms with van der Waals surface area (Å²) in [5.74, 6) is -0.398. The third-order valence-electron chi connectivity index (χ3n) is 5.24. The Hall–Kier alpha value is -0.640. The van der Waals surface area contributed by atoms with Gasteiger partial charge in [0.25, 0.3) is 0 Å². The Bertz CT molecular complexity index is 496. The molecule has 0 bridgehead atoms. The van der Waals surface area contributed by atoms with Crippen molar-refractivity contribution >= 4 is 11.6 Å². The number of rotatable bonds is 4. The number of aliphatic hydroxyl groups excluding tert-OH is 1. The molecule has 1 aromatic rings. The molecule has 1 atom stereocenters. The second-order valence-corrected chi connectivity index (χ2v) is 6.88. The quantitative estimate of drug-likeness (QED) is 0.914. The Balaban J connectivity index is 1.77. The molecule has 1 aliphatic carbocycles. The molecule has 116 valence electrons. The van der Waals surface area contributed by atoms with Crippen LogP contribution in [0.2, 0.25) is 5.02 Å². The minimum absolute atomic E-state index is 0.0721. The lowest BCUT2D eigenvalue weighted by atomic mass is 9.85. The van der Waals surface area contributed by atoms with Crippen molar-refractivity contribution in [2.24, 2.45) is 0 Å². The molecule has 1 aliphatic heterocycles. The Morgan fingerprint density at radius 1 is 1.19 bits per heavy atom. The van der Waals surface area contributed by atoms with Crippen molar-refractivity contribution in [3.63, 3.8) is 0 Å². The first kappa shape index (κ1) is 15.3. The van der Waals surface area contributed by atoms with Crippen molar-refractivity contribution in [3.05, 3.63) is 34.6 Å². The predicted molar refractivity (Wildman–Crippen MR) is 83.1 cm³/mol. The van der Waals surface area contributed by atoms with E-state index in [1.54, 1.807) is 12.1 Å². The molecule has 0 radical (unpaired) electrons. The molecule has 2 fully saturated rings. The lowest BCUT2D eigenvalue weighted by Crippen LogP contribution is -2.54. The topological polar surface area (TPSA) is 23.5 Å². The number of hydrogen-bond donors (Lipinski definition) is 1. The van der Waals surface area contributed by atoms with E-state index in [2.05, 4.69) is 4.90 Å². The summed E-state index contributed by atoms with van der Waals surface area (Å²) in [6, 6.07) is 4.77. The van der Waals surface area contributed by atoms with Gasteiger partial charge >= 0.3 is 0 Å². The van der Waals surface area contributed by atoms with Crippen LogP contribution in [0.15, 0.2) is 18.2 Å². The SMILES string of the molecule is OC(Cc1ccc(F)c(Cl)c1)C1(N2CCCC2)CCCC1. The van der Waals surface area contributed by atoms with Crippen molar-refractivity contribution in [2.45, 2.75) is 56.6 Å². The number of aliphatic hydroxyl groups is 1. The van der Waals surface area contributed by atoms with Crippen molar-refractivity contribution in [3.8, 4) is 0 Å². The molecule has 0 spiro atoms. The van der Waals surface area contributed by atoms with Gasteiger partial charge in [0.15, 0.2) is 0 Å². The molecule has 0 amide bonds. The minimum atomic E-state index is -0.403. The summed E-state index contributed by atoms with van der Waals surface area (Å²) in [7, 11) is 0. The Labute approximate surface area is 130 Å². The van der Waals surface area contributed by atoms with Gasteiger partial charge in [-0.25, -0.2) is 4.39 Å². The van der Waals surface area contributed by atoms with Crippen molar-refractivity contribution in [1.29, 1.82) is 0 Å². The normalized spacial score (nSPS) is 23.6. The first-order valence-corrected chi connectivity index (χ1v) is 8.37. The summed E-state index contributed by atoms with van der Waals surface area (Å²) in [5, 5.41) is 11.0. The molecule has 1 heterocycles. The monoisotopic (exact) mass is 311 g/mol. The average Bonchev–Trinajstić information content (AvgIpc) is 3.13. The summed E-state index contributed by atoms with van der Waals surface area (Å²) < 4.78 is 13.3. The maximum Gasteiger partial charge on any atom is 0.141 e. The number of nitrogens with zero attached hydrogens (tertiary/aromatic N) is 1. The van der Waals surface area contributed by atoms with Gasteiger partial charge in [0.05, 0.1) is 11.1 Å². The van der Waals surface area contributed by atoms with Gasteiger partial charge in [0, 0.05) is 12.0 Å². The van der Waals surface area contributed by atoms with E-state index in [1.807, 2.05) is 0 Å². The Morgan fingerprint density at radius 2 is 1.86 bits per heavy atom. The van der Waals surface area contributed by atoms with Crippen molar-refractivity contribution in [2.75, 3.05) is 13.1 Å². The lowest BCUT2D eigenvalue weighted by Gasteiger charge is -2.42. The molecule has 21 heavy (non-hydrogen) atoms. The summed E-state index contributed by atoms with van der Waals surface area (Å²) in [4.78, 5) is 2.50. The predicted octanol–water partition coefficient (Wildman–Crippen LogP) is 3.79. The molecule has 1 saturated heterocycles.